The van der Waals surface area contributed by atoms with Gasteiger partial charge in [-0.3, -0.25) is 4.68 Å². The van der Waals surface area contributed by atoms with Gasteiger partial charge < -0.3 is 10.1 Å². The monoisotopic (exact) mass is 257 g/mol. The molecule has 0 spiro atoms. The Balaban J connectivity index is 1.92. The summed E-state index contributed by atoms with van der Waals surface area (Å²) in [6, 6.07) is 0.355. The number of nitrogens with one attached hydrogen (secondary N) is 1. The largest absolute Gasteiger partial charge is 0.377 e. The molecule has 4 nitrogen and oxygen atoms in total. The van der Waals surface area contributed by atoms with Gasteiger partial charge in [0.05, 0.1) is 11.8 Å². The minimum Gasteiger partial charge on any atom is -0.377 e. The van der Waals surface area contributed by atoms with Crippen LogP contribution in [0.15, 0.2) is 0 Å². The summed E-state index contributed by atoms with van der Waals surface area (Å²) in [6.45, 7) is 5.79. The highest BCUT2D eigenvalue weighted by Crippen LogP contribution is 2.20. The molecule has 2 unspecified atom stereocenters. The zero-order chi connectivity index (χ0) is 12.4. The van der Waals surface area contributed by atoms with Gasteiger partial charge in [0.1, 0.15) is 5.15 Å². The topological polar surface area (TPSA) is 39.1 Å². The number of nitrogens with zero attached hydrogens (tertiary/aromatic N) is 2. The van der Waals surface area contributed by atoms with E-state index in [1.807, 2.05) is 14.0 Å². The molecule has 0 aromatic carbocycles. The number of hydrogen-bond donors (Lipinski definition) is 1. The molecular weight excluding hydrogens is 238 g/mol. The molecule has 0 saturated carbocycles. The van der Waals surface area contributed by atoms with Crippen LogP contribution in [0.25, 0.3) is 0 Å². The van der Waals surface area contributed by atoms with Crippen LogP contribution in [-0.2, 0) is 18.3 Å². The first-order valence-electron chi connectivity index (χ1n) is 6.12. The summed E-state index contributed by atoms with van der Waals surface area (Å²) in [5, 5.41) is 8.49. The molecule has 2 atom stereocenters. The lowest BCUT2D eigenvalue weighted by Crippen LogP contribution is -2.36. The Hall–Kier alpha value is -0.580. The van der Waals surface area contributed by atoms with Crippen LogP contribution in [0.1, 0.15) is 31.0 Å². The molecule has 1 saturated heterocycles. The molecule has 1 N–H and O–H groups in total. The zero-order valence-corrected chi connectivity index (χ0v) is 11.4. The minimum absolute atomic E-state index is 0.339. The molecule has 1 aromatic heterocycles. The van der Waals surface area contributed by atoms with Crippen molar-refractivity contribution in [2.75, 3.05) is 6.61 Å². The van der Waals surface area contributed by atoms with Gasteiger partial charge in [0.25, 0.3) is 0 Å². The highest BCUT2D eigenvalue weighted by molar-refractivity contribution is 6.30. The van der Waals surface area contributed by atoms with E-state index in [-0.39, 0.29) is 0 Å². The Bertz CT molecular complexity index is 385. The van der Waals surface area contributed by atoms with E-state index in [2.05, 4.69) is 17.3 Å². The van der Waals surface area contributed by atoms with Gasteiger partial charge in [-0.15, -0.1) is 0 Å². The minimum atomic E-state index is 0.339. The average Bonchev–Trinajstić information content (AvgIpc) is 2.88. The molecular formula is C12H20ClN3O. The van der Waals surface area contributed by atoms with E-state index in [1.165, 1.54) is 6.42 Å². The van der Waals surface area contributed by atoms with Gasteiger partial charge in [-0.05, 0) is 26.7 Å². The zero-order valence-electron chi connectivity index (χ0n) is 10.7. The second kappa shape index (κ2) is 5.38. The summed E-state index contributed by atoms with van der Waals surface area (Å²) < 4.78 is 7.37. The van der Waals surface area contributed by atoms with Crippen LogP contribution in [0, 0.1) is 6.92 Å². The predicted octanol–water partition coefficient (Wildman–Crippen LogP) is 2.04. The van der Waals surface area contributed by atoms with E-state index in [9.17, 15) is 0 Å². The van der Waals surface area contributed by atoms with Crippen molar-refractivity contribution >= 4 is 11.6 Å². The van der Waals surface area contributed by atoms with Gasteiger partial charge >= 0.3 is 0 Å². The van der Waals surface area contributed by atoms with Crippen LogP contribution in [0.2, 0.25) is 5.15 Å². The normalized spacial score (nSPS) is 22.0. The SMILES string of the molecule is Cc1nn(C)c(Cl)c1CNC(C)C1CCCO1. The van der Waals surface area contributed by atoms with Crippen LogP contribution in [0.3, 0.4) is 0 Å². The number of halogens is 1. The summed E-state index contributed by atoms with van der Waals surface area (Å²) in [6.07, 6.45) is 2.66. The van der Waals surface area contributed by atoms with Crippen molar-refractivity contribution in [2.45, 2.75) is 45.4 Å². The van der Waals surface area contributed by atoms with Gasteiger partial charge in [0, 0.05) is 31.8 Å². The molecule has 17 heavy (non-hydrogen) atoms. The van der Waals surface area contributed by atoms with E-state index in [0.29, 0.717) is 12.1 Å². The summed E-state index contributed by atoms with van der Waals surface area (Å²) in [5.74, 6) is 0. The van der Waals surface area contributed by atoms with Crippen molar-refractivity contribution in [3.05, 3.63) is 16.4 Å². The van der Waals surface area contributed by atoms with Crippen molar-refractivity contribution in [1.82, 2.24) is 15.1 Å². The second-order valence-electron chi connectivity index (χ2n) is 4.70. The molecule has 0 aliphatic carbocycles. The van der Waals surface area contributed by atoms with Crippen LogP contribution >= 0.6 is 11.6 Å². The van der Waals surface area contributed by atoms with Gasteiger partial charge in [0.2, 0.25) is 0 Å². The van der Waals surface area contributed by atoms with Crippen molar-refractivity contribution < 1.29 is 4.74 Å². The lowest BCUT2D eigenvalue weighted by atomic mass is 10.1. The first-order chi connectivity index (χ1) is 8.09. The Morgan fingerprint density at radius 2 is 2.41 bits per heavy atom. The number of ether oxygens (including phenoxy) is 1. The summed E-state index contributed by atoms with van der Waals surface area (Å²) in [4.78, 5) is 0. The van der Waals surface area contributed by atoms with Crippen molar-refractivity contribution in [1.29, 1.82) is 0 Å². The number of hydrogen-bond acceptors (Lipinski definition) is 3. The molecule has 1 fully saturated rings. The van der Waals surface area contributed by atoms with Crippen LogP contribution in [0.5, 0.6) is 0 Å². The Morgan fingerprint density at radius 1 is 1.65 bits per heavy atom. The fourth-order valence-corrected chi connectivity index (χ4v) is 2.51. The summed E-state index contributed by atoms with van der Waals surface area (Å²) in [7, 11) is 1.86. The third-order valence-electron chi connectivity index (χ3n) is 3.39. The fraction of sp³-hybridized carbons (Fsp3) is 0.750. The lowest BCUT2D eigenvalue weighted by molar-refractivity contribution is 0.0832. The maximum atomic E-state index is 6.19. The van der Waals surface area contributed by atoms with Crippen LogP contribution in [0.4, 0.5) is 0 Å². The third kappa shape index (κ3) is 2.81. The molecule has 96 valence electrons. The Kier molecular flexibility index (Phi) is 4.07. The van der Waals surface area contributed by atoms with Crippen molar-refractivity contribution in [2.24, 2.45) is 7.05 Å². The van der Waals surface area contributed by atoms with Gasteiger partial charge in [0.15, 0.2) is 0 Å². The summed E-state index contributed by atoms with van der Waals surface area (Å²) in [5.41, 5.74) is 2.07. The van der Waals surface area contributed by atoms with Crippen molar-refractivity contribution in [3.8, 4) is 0 Å². The smallest absolute Gasteiger partial charge is 0.131 e. The lowest BCUT2D eigenvalue weighted by Gasteiger charge is -2.19. The summed E-state index contributed by atoms with van der Waals surface area (Å²) >= 11 is 6.19. The number of aryl methyl sites for hydroxylation is 2. The molecule has 0 bridgehead atoms. The Morgan fingerprint density at radius 3 is 2.94 bits per heavy atom. The molecule has 0 radical (unpaired) electrons. The number of aromatic nitrogens is 2. The van der Waals surface area contributed by atoms with E-state index >= 15 is 0 Å². The van der Waals surface area contributed by atoms with E-state index in [0.717, 1.165) is 36.0 Å². The molecule has 1 aliphatic rings. The van der Waals surface area contributed by atoms with Crippen LogP contribution < -0.4 is 5.32 Å². The molecule has 1 aliphatic heterocycles. The quantitative estimate of drug-likeness (QED) is 0.897. The highest BCUT2D eigenvalue weighted by atomic mass is 35.5. The first-order valence-corrected chi connectivity index (χ1v) is 6.50. The molecule has 1 aromatic rings. The average molecular weight is 258 g/mol. The maximum Gasteiger partial charge on any atom is 0.131 e. The van der Waals surface area contributed by atoms with E-state index < -0.39 is 0 Å². The molecule has 0 amide bonds. The molecule has 5 heteroatoms. The van der Waals surface area contributed by atoms with Gasteiger partial charge in [-0.25, -0.2) is 0 Å². The van der Waals surface area contributed by atoms with Gasteiger partial charge in [-0.2, -0.15) is 5.10 Å². The predicted molar refractivity (Wildman–Crippen MR) is 68.2 cm³/mol. The number of rotatable bonds is 4. The van der Waals surface area contributed by atoms with E-state index in [4.69, 9.17) is 16.3 Å². The fourth-order valence-electron chi connectivity index (χ4n) is 2.27. The van der Waals surface area contributed by atoms with Crippen LogP contribution in [-0.4, -0.2) is 28.5 Å². The highest BCUT2D eigenvalue weighted by Gasteiger charge is 2.22. The molecule has 2 rings (SSSR count). The van der Waals surface area contributed by atoms with Crippen molar-refractivity contribution in [3.63, 3.8) is 0 Å². The standard InChI is InChI=1S/C12H20ClN3O/c1-8-10(12(13)16(3)15-8)7-14-9(2)11-5-4-6-17-11/h9,11,14H,4-7H2,1-3H3. The van der Waals surface area contributed by atoms with E-state index in [1.54, 1.807) is 4.68 Å². The Labute approximate surface area is 107 Å². The maximum absolute atomic E-state index is 6.19. The van der Waals surface area contributed by atoms with Gasteiger partial charge in [-0.1, -0.05) is 11.6 Å². The second-order valence-corrected chi connectivity index (χ2v) is 5.06. The molecule has 2 heterocycles. The third-order valence-corrected chi connectivity index (χ3v) is 3.87. The first kappa shape index (κ1) is 12.9.